The molecule has 11 heteroatoms. The van der Waals surface area contributed by atoms with Gasteiger partial charge < -0.3 is 23.7 Å². The van der Waals surface area contributed by atoms with Crippen LogP contribution in [0.25, 0.3) is 0 Å². The number of esters is 4. The van der Waals surface area contributed by atoms with Crippen LogP contribution in [-0.4, -0.2) is 60.4 Å². The van der Waals surface area contributed by atoms with E-state index in [-0.39, 0.29) is 35.0 Å². The van der Waals surface area contributed by atoms with Gasteiger partial charge in [0.1, 0.15) is 17.7 Å². The second kappa shape index (κ2) is 13.9. The van der Waals surface area contributed by atoms with Crippen LogP contribution in [0.4, 0.5) is 0 Å². The van der Waals surface area contributed by atoms with Crippen molar-refractivity contribution in [2.45, 2.75) is 31.3 Å². The second-order valence-electron chi connectivity index (χ2n) is 9.32. The van der Waals surface area contributed by atoms with Crippen molar-refractivity contribution in [2.75, 3.05) is 13.2 Å². The van der Waals surface area contributed by atoms with E-state index in [1.807, 2.05) is 0 Å². The van der Waals surface area contributed by atoms with E-state index in [0.717, 1.165) is 11.3 Å². The van der Waals surface area contributed by atoms with Gasteiger partial charge in [0.15, 0.2) is 24.0 Å². The minimum absolute atomic E-state index is 0.0513. The van der Waals surface area contributed by atoms with Crippen molar-refractivity contribution in [3.8, 4) is 0 Å². The van der Waals surface area contributed by atoms with Crippen LogP contribution >= 0.6 is 11.3 Å². The molecule has 0 radical (unpaired) electrons. The summed E-state index contributed by atoms with van der Waals surface area (Å²) in [4.78, 5) is 55.9. The largest absolute Gasteiger partial charge is 0.461 e. The van der Waals surface area contributed by atoms with Crippen LogP contribution < -0.4 is 0 Å². The molecule has 0 saturated carbocycles. The summed E-state index contributed by atoms with van der Waals surface area (Å²) < 4.78 is 28.7. The molecule has 0 bridgehead atoms. The fourth-order valence-corrected chi connectivity index (χ4v) is 5.25. The lowest BCUT2D eigenvalue weighted by Gasteiger charge is -2.24. The zero-order valence-electron chi connectivity index (χ0n) is 23.0. The maximum Gasteiger partial charge on any atom is 0.357 e. The van der Waals surface area contributed by atoms with Gasteiger partial charge in [0, 0.05) is 5.38 Å². The predicted octanol–water partition coefficient (Wildman–Crippen LogP) is 5.07. The Kier molecular flexibility index (Phi) is 9.55. The van der Waals surface area contributed by atoms with Gasteiger partial charge >= 0.3 is 23.9 Å². The van der Waals surface area contributed by atoms with E-state index in [4.69, 9.17) is 23.7 Å². The topological polar surface area (TPSA) is 127 Å². The first-order chi connectivity index (χ1) is 20.9. The maximum absolute atomic E-state index is 13.2. The quantitative estimate of drug-likeness (QED) is 0.180. The number of rotatable bonds is 10. The molecule has 0 aliphatic carbocycles. The summed E-state index contributed by atoms with van der Waals surface area (Å²) >= 11 is 1.09. The summed E-state index contributed by atoms with van der Waals surface area (Å²) in [6.45, 7) is 1.51. The average Bonchev–Trinajstić information content (AvgIpc) is 3.66. The number of carbonyl (C=O) groups excluding carboxylic acids is 4. The molecule has 3 aromatic carbocycles. The molecule has 4 atom stereocenters. The summed E-state index contributed by atoms with van der Waals surface area (Å²) in [5.74, 6) is -2.62. The SMILES string of the molecule is CCOC(=O)c1csc([C@@H]2O[C@H](COC(=O)c3ccccc3)[C@@H](OC(=O)c3ccccc3)[C@@H]2OC(=O)c2ccccc2)n1. The maximum atomic E-state index is 13.2. The van der Waals surface area contributed by atoms with Gasteiger partial charge in [-0.2, -0.15) is 0 Å². The standard InChI is InChI=1S/C32H27NO9S/c1-2-38-32(37)23-19-43-28(33-23)27-26(42-31(36)22-16-10-5-11-17-22)25(41-30(35)21-14-8-4-9-15-21)24(40-27)18-39-29(34)20-12-6-3-7-13-20/h3-17,19,24-27H,2,18H2,1H3/t24-,25-,26+,27-/m1/s1. The summed E-state index contributed by atoms with van der Waals surface area (Å²) in [6, 6.07) is 24.9. The molecule has 220 valence electrons. The van der Waals surface area contributed by atoms with Crippen LogP contribution in [0.1, 0.15) is 59.6 Å². The first-order valence-electron chi connectivity index (χ1n) is 13.5. The molecule has 5 rings (SSSR count). The molecule has 1 aromatic heterocycles. The van der Waals surface area contributed by atoms with Crippen LogP contribution in [0, 0.1) is 0 Å². The van der Waals surface area contributed by atoms with Gasteiger partial charge in [-0.25, -0.2) is 24.2 Å². The Balaban J connectivity index is 1.47. The highest BCUT2D eigenvalue weighted by molar-refractivity contribution is 7.09. The van der Waals surface area contributed by atoms with Gasteiger partial charge in [-0.05, 0) is 43.3 Å². The molecular weight excluding hydrogens is 574 g/mol. The number of hydrogen-bond donors (Lipinski definition) is 0. The van der Waals surface area contributed by atoms with Crippen LogP contribution in [-0.2, 0) is 23.7 Å². The van der Waals surface area contributed by atoms with E-state index in [9.17, 15) is 19.2 Å². The fraction of sp³-hybridized carbons (Fsp3) is 0.219. The molecule has 0 unspecified atom stereocenters. The summed E-state index contributed by atoms with van der Waals surface area (Å²) in [5.41, 5.74) is 0.897. The van der Waals surface area contributed by atoms with E-state index in [0.29, 0.717) is 5.56 Å². The van der Waals surface area contributed by atoms with Crippen molar-refractivity contribution in [3.63, 3.8) is 0 Å². The predicted molar refractivity (Wildman–Crippen MR) is 154 cm³/mol. The smallest absolute Gasteiger partial charge is 0.357 e. The van der Waals surface area contributed by atoms with Crippen LogP contribution in [0.2, 0.25) is 0 Å². The summed E-state index contributed by atoms with van der Waals surface area (Å²) in [7, 11) is 0. The minimum Gasteiger partial charge on any atom is -0.461 e. The normalized spacial score (nSPS) is 19.3. The van der Waals surface area contributed by atoms with Crippen molar-refractivity contribution in [2.24, 2.45) is 0 Å². The van der Waals surface area contributed by atoms with E-state index >= 15 is 0 Å². The molecule has 4 aromatic rings. The Labute approximate surface area is 251 Å². The molecule has 2 heterocycles. The lowest BCUT2D eigenvalue weighted by molar-refractivity contribution is -0.0450. The first-order valence-corrected chi connectivity index (χ1v) is 14.3. The summed E-state index contributed by atoms with van der Waals surface area (Å²) in [5, 5.41) is 1.78. The summed E-state index contributed by atoms with van der Waals surface area (Å²) in [6.07, 6.45) is -4.52. The Morgan fingerprint density at radius 2 is 1.21 bits per heavy atom. The zero-order chi connectivity index (χ0) is 30.2. The molecule has 1 saturated heterocycles. The lowest BCUT2D eigenvalue weighted by atomic mass is 10.1. The third-order valence-corrected chi connectivity index (χ3v) is 7.36. The highest BCUT2D eigenvalue weighted by Gasteiger charge is 2.52. The molecule has 0 spiro atoms. The van der Waals surface area contributed by atoms with Crippen molar-refractivity contribution >= 4 is 35.2 Å². The lowest BCUT2D eigenvalue weighted by Crippen LogP contribution is -2.40. The Morgan fingerprint density at radius 1 is 0.698 bits per heavy atom. The zero-order valence-corrected chi connectivity index (χ0v) is 23.8. The number of nitrogens with zero attached hydrogens (tertiary/aromatic N) is 1. The van der Waals surface area contributed by atoms with E-state index < -0.39 is 48.3 Å². The molecule has 1 aliphatic rings. The van der Waals surface area contributed by atoms with Crippen LogP contribution in [0.5, 0.6) is 0 Å². The van der Waals surface area contributed by atoms with Gasteiger partial charge in [-0.3, -0.25) is 0 Å². The average molecular weight is 602 g/mol. The Bertz CT molecular complexity index is 1560. The number of ether oxygens (including phenoxy) is 5. The van der Waals surface area contributed by atoms with E-state index in [2.05, 4.69) is 4.98 Å². The highest BCUT2D eigenvalue weighted by atomic mass is 32.1. The van der Waals surface area contributed by atoms with Gasteiger partial charge in [0.05, 0.1) is 23.3 Å². The Morgan fingerprint density at radius 3 is 1.74 bits per heavy atom. The Hall–Kier alpha value is -4.87. The van der Waals surface area contributed by atoms with Crippen LogP contribution in [0.3, 0.4) is 0 Å². The van der Waals surface area contributed by atoms with Crippen molar-refractivity contribution < 1.29 is 42.9 Å². The van der Waals surface area contributed by atoms with Gasteiger partial charge in [-0.15, -0.1) is 11.3 Å². The fourth-order valence-electron chi connectivity index (χ4n) is 4.40. The number of aromatic nitrogens is 1. The third-order valence-electron chi connectivity index (χ3n) is 6.45. The monoisotopic (exact) mass is 601 g/mol. The number of carbonyl (C=O) groups is 4. The minimum atomic E-state index is -1.21. The van der Waals surface area contributed by atoms with Crippen LogP contribution in [0.15, 0.2) is 96.4 Å². The molecule has 1 fully saturated rings. The number of thiazole rings is 1. The second-order valence-corrected chi connectivity index (χ2v) is 10.2. The first kappa shape index (κ1) is 29.6. The van der Waals surface area contributed by atoms with Crippen molar-refractivity contribution in [3.05, 3.63) is 124 Å². The molecule has 0 N–H and O–H groups in total. The highest BCUT2D eigenvalue weighted by Crippen LogP contribution is 2.39. The third kappa shape index (κ3) is 7.14. The van der Waals surface area contributed by atoms with Gasteiger partial charge in [-0.1, -0.05) is 54.6 Å². The van der Waals surface area contributed by atoms with Gasteiger partial charge in [0.2, 0.25) is 0 Å². The van der Waals surface area contributed by atoms with E-state index in [1.54, 1.807) is 97.9 Å². The van der Waals surface area contributed by atoms with E-state index in [1.165, 1.54) is 5.38 Å². The van der Waals surface area contributed by atoms with Gasteiger partial charge in [0.25, 0.3) is 0 Å². The number of benzene rings is 3. The number of hydrogen-bond acceptors (Lipinski definition) is 11. The molecule has 10 nitrogen and oxygen atoms in total. The molecule has 1 aliphatic heterocycles. The molecular formula is C32H27NO9S. The molecule has 0 amide bonds. The van der Waals surface area contributed by atoms with Crippen molar-refractivity contribution in [1.82, 2.24) is 4.98 Å². The van der Waals surface area contributed by atoms with Crippen molar-refractivity contribution in [1.29, 1.82) is 0 Å². The molecule has 43 heavy (non-hydrogen) atoms.